The Balaban J connectivity index is 1.75. The average molecular weight is 184 g/mol. The van der Waals surface area contributed by atoms with Crippen LogP contribution >= 0.6 is 0 Å². The van der Waals surface area contributed by atoms with Gasteiger partial charge in [-0.2, -0.15) is 0 Å². The Bertz CT molecular complexity index is 381. The molecule has 5 saturated carbocycles. The smallest absolute Gasteiger partial charge is 0.0162 e. The van der Waals surface area contributed by atoms with Crippen LogP contribution in [-0.2, 0) is 0 Å². The van der Waals surface area contributed by atoms with Crippen molar-refractivity contribution in [2.45, 2.75) is 12.8 Å². The standard InChI is InChI=1S/C14H16/c1-2-7-11-6(1)12-8-3-5-4-9(8)14(10(5)11)13(7)12/h1-2,5-14H,3-4H2. The predicted octanol–water partition coefficient (Wildman–Crippen LogP) is 2.57. The highest BCUT2D eigenvalue weighted by Gasteiger charge is 2.78. The molecule has 0 aromatic carbocycles. The van der Waals surface area contributed by atoms with Crippen LogP contribution in [0.15, 0.2) is 12.2 Å². The minimum absolute atomic E-state index is 1.08. The van der Waals surface area contributed by atoms with Crippen LogP contribution in [0.4, 0.5) is 0 Å². The maximum atomic E-state index is 2.63. The maximum Gasteiger partial charge on any atom is -0.0162 e. The van der Waals surface area contributed by atoms with Crippen molar-refractivity contribution in [2.24, 2.45) is 59.2 Å². The van der Waals surface area contributed by atoms with Gasteiger partial charge in [-0.1, -0.05) is 12.2 Å². The van der Waals surface area contributed by atoms with Crippen molar-refractivity contribution in [1.82, 2.24) is 0 Å². The first-order valence-corrected chi connectivity index (χ1v) is 6.63. The van der Waals surface area contributed by atoms with Crippen molar-refractivity contribution in [3.05, 3.63) is 12.2 Å². The first kappa shape index (κ1) is 6.35. The number of fused-ring (bicyclic) bond motifs is 4. The van der Waals surface area contributed by atoms with Crippen LogP contribution in [0.5, 0.6) is 0 Å². The van der Waals surface area contributed by atoms with Gasteiger partial charge in [0, 0.05) is 0 Å². The highest BCUT2D eigenvalue weighted by Crippen LogP contribution is 2.83. The minimum Gasteiger partial charge on any atom is -0.0845 e. The van der Waals surface area contributed by atoms with E-state index in [1.807, 2.05) is 0 Å². The highest BCUT2D eigenvalue weighted by atomic mass is 14.8. The molecule has 0 spiro atoms. The Morgan fingerprint density at radius 1 is 0.643 bits per heavy atom. The SMILES string of the molecule is C1=CC2C3C1C1C4CC5CC4C(C53)C21. The molecule has 0 aliphatic heterocycles. The summed E-state index contributed by atoms with van der Waals surface area (Å²) >= 11 is 0. The molecule has 14 heavy (non-hydrogen) atoms. The van der Waals surface area contributed by atoms with Gasteiger partial charge >= 0.3 is 0 Å². The fourth-order valence-corrected chi connectivity index (χ4v) is 7.71. The lowest BCUT2D eigenvalue weighted by atomic mass is 9.73. The summed E-state index contributed by atoms with van der Waals surface area (Å²) in [5, 5.41) is 0. The monoisotopic (exact) mass is 184 g/mol. The van der Waals surface area contributed by atoms with Crippen molar-refractivity contribution in [1.29, 1.82) is 0 Å². The van der Waals surface area contributed by atoms with Gasteiger partial charge in [-0.3, -0.25) is 0 Å². The molecule has 6 aliphatic carbocycles. The van der Waals surface area contributed by atoms with E-state index in [-0.39, 0.29) is 0 Å². The molecule has 10 unspecified atom stereocenters. The number of hydrogen-bond donors (Lipinski definition) is 0. The Hall–Kier alpha value is -0.260. The second kappa shape index (κ2) is 1.54. The third kappa shape index (κ3) is 0.367. The quantitative estimate of drug-likeness (QED) is 0.508. The normalized spacial score (nSPS) is 82.9. The summed E-state index contributed by atoms with van der Waals surface area (Å²) < 4.78 is 0. The van der Waals surface area contributed by atoms with Crippen molar-refractivity contribution in [3.8, 4) is 0 Å². The average Bonchev–Trinajstić information content (AvgIpc) is 2.90. The van der Waals surface area contributed by atoms with Gasteiger partial charge in [-0.15, -0.1) is 0 Å². The molecule has 0 aromatic rings. The zero-order chi connectivity index (χ0) is 8.60. The molecular weight excluding hydrogens is 168 g/mol. The van der Waals surface area contributed by atoms with E-state index in [0.29, 0.717) is 0 Å². The summed E-state index contributed by atoms with van der Waals surface area (Å²) in [6.45, 7) is 0. The molecule has 0 nitrogen and oxygen atoms in total. The van der Waals surface area contributed by atoms with Crippen LogP contribution in [0.1, 0.15) is 12.8 Å². The lowest BCUT2D eigenvalue weighted by molar-refractivity contribution is 0.179. The summed E-state index contributed by atoms with van der Waals surface area (Å²) in [5.41, 5.74) is 0. The number of rotatable bonds is 0. The Labute approximate surface area is 84.8 Å². The topological polar surface area (TPSA) is 0 Å². The van der Waals surface area contributed by atoms with E-state index >= 15 is 0 Å². The van der Waals surface area contributed by atoms with Gasteiger partial charge in [-0.25, -0.2) is 0 Å². The summed E-state index contributed by atoms with van der Waals surface area (Å²) in [6.07, 6.45) is 8.56. The van der Waals surface area contributed by atoms with Crippen molar-refractivity contribution < 1.29 is 0 Å². The summed E-state index contributed by atoms with van der Waals surface area (Å²) in [4.78, 5) is 0. The van der Waals surface area contributed by atoms with Crippen LogP contribution in [0.2, 0.25) is 0 Å². The summed E-state index contributed by atoms with van der Waals surface area (Å²) in [6, 6.07) is 0. The summed E-state index contributed by atoms with van der Waals surface area (Å²) in [7, 11) is 0. The largest absolute Gasteiger partial charge is 0.0845 e. The van der Waals surface area contributed by atoms with Gasteiger partial charge in [0.2, 0.25) is 0 Å². The molecule has 0 aromatic heterocycles. The van der Waals surface area contributed by atoms with E-state index in [4.69, 9.17) is 0 Å². The molecular formula is C14H16. The molecule has 72 valence electrons. The zero-order valence-electron chi connectivity index (χ0n) is 8.34. The van der Waals surface area contributed by atoms with Gasteiger partial charge in [0.05, 0.1) is 0 Å². The predicted molar refractivity (Wildman–Crippen MR) is 53.3 cm³/mol. The van der Waals surface area contributed by atoms with E-state index in [0.717, 1.165) is 17.8 Å². The third-order valence-electron chi connectivity index (χ3n) is 7.34. The molecule has 0 radical (unpaired) electrons. The second-order valence-electron chi connectivity index (χ2n) is 6.99. The highest BCUT2D eigenvalue weighted by molar-refractivity contribution is 5.33. The second-order valence-corrected chi connectivity index (χ2v) is 6.99. The van der Waals surface area contributed by atoms with Gasteiger partial charge < -0.3 is 0 Å². The molecule has 10 atom stereocenters. The van der Waals surface area contributed by atoms with Crippen LogP contribution in [0.25, 0.3) is 0 Å². The Morgan fingerprint density at radius 3 is 2.21 bits per heavy atom. The van der Waals surface area contributed by atoms with Gasteiger partial charge in [0.1, 0.15) is 0 Å². The maximum absolute atomic E-state index is 2.63. The van der Waals surface area contributed by atoms with E-state index in [1.54, 1.807) is 12.8 Å². The first-order valence-electron chi connectivity index (χ1n) is 6.63. The van der Waals surface area contributed by atoms with Crippen molar-refractivity contribution >= 4 is 0 Å². The molecule has 0 N–H and O–H groups in total. The lowest BCUT2D eigenvalue weighted by Gasteiger charge is -2.31. The minimum atomic E-state index is 1.08. The number of allylic oxidation sites excluding steroid dienone is 2. The fraction of sp³-hybridized carbons (Fsp3) is 0.857. The zero-order valence-corrected chi connectivity index (χ0v) is 8.34. The lowest BCUT2D eigenvalue weighted by Crippen LogP contribution is -2.27. The van der Waals surface area contributed by atoms with E-state index in [9.17, 15) is 0 Å². The van der Waals surface area contributed by atoms with Crippen LogP contribution < -0.4 is 0 Å². The van der Waals surface area contributed by atoms with Crippen LogP contribution in [0.3, 0.4) is 0 Å². The van der Waals surface area contributed by atoms with Crippen molar-refractivity contribution in [3.63, 3.8) is 0 Å². The van der Waals surface area contributed by atoms with Crippen molar-refractivity contribution in [2.75, 3.05) is 0 Å². The Kier molecular flexibility index (Phi) is 0.700. The fourth-order valence-electron chi connectivity index (χ4n) is 7.71. The van der Waals surface area contributed by atoms with Gasteiger partial charge in [0.25, 0.3) is 0 Å². The summed E-state index contributed by atoms with van der Waals surface area (Å²) in [5.74, 6) is 11.8. The molecule has 0 saturated heterocycles. The number of hydrogen-bond acceptors (Lipinski definition) is 0. The molecule has 6 bridgehead atoms. The molecule has 6 aliphatic rings. The Morgan fingerprint density at radius 2 is 1.36 bits per heavy atom. The molecule has 5 fully saturated rings. The van der Waals surface area contributed by atoms with Crippen LogP contribution in [-0.4, -0.2) is 0 Å². The third-order valence-corrected chi connectivity index (χ3v) is 7.34. The van der Waals surface area contributed by atoms with Gasteiger partial charge in [-0.05, 0) is 72.0 Å². The molecule has 0 amide bonds. The molecule has 6 rings (SSSR count). The molecule has 0 heterocycles. The van der Waals surface area contributed by atoms with Gasteiger partial charge in [0.15, 0.2) is 0 Å². The first-order chi connectivity index (χ1) is 6.95. The van der Waals surface area contributed by atoms with Crippen LogP contribution in [0, 0.1) is 59.2 Å². The molecule has 0 heteroatoms. The van der Waals surface area contributed by atoms with E-state index in [2.05, 4.69) is 12.2 Å². The van der Waals surface area contributed by atoms with E-state index in [1.165, 1.54) is 41.4 Å². The van der Waals surface area contributed by atoms with E-state index < -0.39 is 0 Å².